The van der Waals surface area contributed by atoms with Crippen molar-refractivity contribution in [2.45, 2.75) is 13.5 Å². The number of hydrazone groups is 1. The average Bonchev–Trinajstić information content (AvgIpc) is 3.32. The second kappa shape index (κ2) is 10.3. The summed E-state index contributed by atoms with van der Waals surface area (Å²) in [6.45, 7) is 2.11. The van der Waals surface area contributed by atoms with E-state index >= 15 is 0 Å². The van der Waals surface area contributed by atoms with E-state index < -0.39 is 10.8 Å². The quantitative estimate of drug-likeness (QED) is 0.214. The highest BCUT2D eigenvalue weighted by atomic mass is 16.6. The number of nitrogens with zero attached hydrogens (tertiary/aromatic N) is 2. The van der Waals surface area contributed by atoms with Gasteiger partial charge in [0.2, 0.25) is 0 Å². The summed E-state index contributed by atoms with van der Waals surface area (Å²) in [6, 6.07) is 24.6. The number of hydrogen-bond acceptors (Lipinski definition) is 6. The third-order valence-corrected chi connectivity index (χ3v) is 5.04. The minimum Gasteiger partial charge on any atom is -0.488 e. The number of furan rings is 1. The Morgan fingerprint density at radius 2 is 1.82 bits per heavy atom. The molecular formula is C26H21N3O5. The molecule has 8 nitrogen and oxygen atoms in total. The van der Waals surface area contributed by atoms with Crippen LogP contribution in [0.4, 0.5) is 5.69 Å². The minimum atomic E-state index is -0.440. The molecule has 3 aromatic carbocycles. The van der Waals surface area contributed by atoms with Gasteiger partial charge in [0, 0.05) is 17.7 Å². The standard InChI is InChI=1S/C26H21N3O5/c1-18-15-20(29(31)32)11-13-22(18)25-14-12-21(34-25)16-27-28-26(30)23-9-5-6-10-24(23)33-17-19-7-3-2-4-8-19/h2-16H,17H2,1H3,(H,28,30)/b27-16+. The molecule has 4 aromatic rings. The molecule has 1 aromatic heterocycles. The molecule has 0 aliphatic rings. The van der Waals surface area contributed by atoms with Gasteiger partial charge in [0.05, 0.1) is 16.7 Å². The van der Waals surface area contributed by atoms with E-state index in [1.165, 1.54) is 18.3 Å². The lowest BCUT2D eigenvalue weighted by Crippen LogP contribution is -2.18. The Bertz CT molecular complexity index is 1350. The van der Waals surface area contributed by atoms with Gasteiger partial charge in [0.1, 0.15) is 23.9 Å². The van der Waals surface area contributed by atoms with Crippen LogP contribution in [0.5, 0.6) is 5.75 Å². The number of para-hydroxylation sites is 1. The molecular weight excluding hydrogens is 434 g/mol. The van der Waals surface area contributed by atoms with Gasteiger partial charge in [-0.1, -0.05) is 42.5 Å². The molecule has 170 valence electrons. The van der Waals surface area contributed by atoms with Gasteiger partial charge in [-0.2, -0.15) is 5.10 Å². The first-order valence-corrected chi connectivity index (χ1v) is 10.5. The Morgan fingerprint density at radius 3 is 2.59 bits per heavy atom. The van der Waals surface area contributed by atoms with E-state index in [1.807, 2.05) is 30.3 Å². The maximum absolute atomic E-state index is 12.6. The number of amides is 1. The molecule has 0 fully saturated rings. The van der Waals surface area contributed by atoms with Gasteiger partial charge < -0.3 is 9.15 Å². The summed E-state index contributed by atoms with van der Waals surface area (Å²) >= 11 is 0. The fourth-order valence-corrected chi connectivity index (χ4v) is 3.34. The number of aryl methyl sites for hydroxylation is 1. The van der Waals surface area contributed by atoms with Crippen molar-refractivity contribution < 1.29 is 18.9 Å². The van der Waals surface area contributed by atoms with Crippen LogP contribution in [0, 0.1) is 17.0 Å². The van der Waals surface area contributed by atoms with E-state index in [-0.39, 0.29) is 5.69 Å². The summed E-state index contributed by atoms with van der Waals surface area (Å²) in [5.41, 5.74) is 5.30. The number of nitrogens with one attached hydrogen (secondary N) is 1. The molecule has 0 bridgehead atoms. The number of benzene rings is 3. The van der Waals surface area contributed by atoms with Crippen molar-refractivity contribution in [2.75, 3.05) is 0 Å². The molecule has 1 heterocycles. The zero-order valence-electron chi connectivity index (χ0n) is 18.3. The maximum Gasteiger partial charge on any atom is 0.275 e. The minimum absolute atomic E-state index is 0.0188. The molecule has 0 atom stereocenters. The molecule has 0 spiro atoms. The Labute approximate surface area is 195 Å². The van der Waals surface area contributed by atoms with Crippen LogP contribution in [0.3, 0.4) is 0 Å². The van der Waals surface area contributed by atoms with Crippen LogP contribution in [-0.2, 0) is 6.61 Å². The molecule has 0 aliphatic carbocycles. The van der Waals surface area contributed by atoms with Gasteiger partial charge in [-0.25, -0.2) is 5.43 Å². The normalized spacial score (nSPS) is 10.9. The second-order valence-electron chi connectivity index (χ2n) is 7.43. The van der Waals surface area contributed by atoms with Crippen molar-refractivity contribution in [2.24, 2.45) is 5.10 Å². The zero-order chi connectivity index (χ0) is 23.9. The lowest BCUT2D eigenvalue weighted by atomic mass is 10.1. The average molecular weight is 455 g/mol. The fourth-order valence-electron chi connectivity index (χ4n) is 3.34. The molecule has 34 heavy (non-hydrogen) atoms. The molecule has 1 N–H and O–H groups in total. The topological polar surface area (TPSA) is 107 Å². The molecule has 4 rings (SSSR count). The highest BCUT2D eigenvalue weighted by Crippen LogP contribution is 2.28. The number of ether oxygens (including phenoxy) is 1. The van der Waals surface area contributed by atoms with Crippen LogP contribution in [0.15, 0.2) is 94.4 Å². The van der Waals surface area contributed by atoms with Crippen molar-refractivity contribution in [1.82, 2.24) is 5.43 Å². The molecule has 0 radical (unpaired) electrons. The van der Waals surface area contributed by atoms with Crippen LogP contribution < -0.4 is 10.2 Å². The Balaban J connectivity index is 1.41. The Kier molecular flexibility index (Phi) is 6.78. The van der Waals surface area contributed by atoms with Gasteiger partial charge in [-0.05, 0) is 48.4 Å². The second-order valence-corrected chi connectivity index (χ2v) is 7.43. The zero-order valence-corrected chi connectivity index (χ0v) is 18.3. The predicted molar refractivity (Wildman–Crippen MR) is 128 cm³/mol. The summed E-state index contributed by atoms with van der Waals surface area (Å²) in [5.74, 6) is 0.993. The summed E-state index contributed by atoms with van der Waals surface area (Å²) in [6.07, 6.45) is 1.38. The van der Waals surface area contributed by atoms with E-state index in [9.17, 15) is 14.9 Å². The van der Waals surface area contributed by atoms with Crippen molar-refractivity contribution in [3.63, 3.8) is 0 Å². The number of nitro benzene ring substituents is 1. The maximum atomic E-state index is 12.6. The van der Waals surface area contributed by atoms with Gasteiger partial charge in [-0.15, -0.1) is 0 Å². The lowest BCUT2D eigenvalue weighted by Gasteiger charge is -2.10. The SMILES string of the molecule is Cc1cc([N+](=O)[O-])ccc1-c1ccc(/C=N/NC(=O)c2ccccc2OCc2ccccc2)o1. The van der Waals surface area contributed by atoms with Crippen molar-refractivity contribution in [3.05, 3.63) is 117 Å². The van der Waals surface area contributed by atoms with E-state index in [4.69, 9.17) is 9.15 Å². The molecule has 0 saturated carbocycles. The van der Waals surface area contributed by atoms with E-state index in [0.717, 1.165) is 11.1 Å². The predicted octanol–water partition coefficient (Wildman–Crippen LogP) is 5.51. The highest BCUT2D eigenvalue weighted by Gasteiger charge is 2.13. The Morgan fingerprint density at radius 1 is 1.06 bits per heavy atom. The third-order valence-electron chi connectivity index (χ3n) is 5.04. The number of rotatable bonds is 8. The van der Waals surface area contributed by atoms with Gasteiger partial charge in [-0.3, -0.25) is 14.9 Å². The molecule has 1 amide bonds. The van der Waals surface area contributed by atoms with E-state index in [0.29, 0.717) is 35.0 Å². The van der Waals surface area contributed by atoms with Crippen LogP contribution in [0.2, 0.25) is 0 Å². The number of nitro groups is 1. The summed E-state index contributed by atoms with van der Waals surface area (Å²) in [4.78, 5) is 23.1. The fraction of sp³-hybridized carbons (Fsp3) is 0.0769. The first-order chi connectivity index (χ1) is 16.5. The third kappa shape index (κ3) is 5.36. The molecule has 0 saturated heterocycles. The monoisotopic (exact) mass is 455 g/mol. The lowest BCUT2D eigenvalue weighted by molar-refractivity contribution is -0.384. The Hall–Kier alpha value is -4.72. The van der Waals surface area contributed by atoms with E-state index in [2.05, 4.69) is 10.5 Å². The van der Waals surface area contributed by atoms with E-state index in [1.54, 1.807) is 49.4 Å². The highest BCUT2D eigenvalue weighted by molar-refractivity contribution is 5.97. The first kappa shape index (κ1) is 22.5. The summed E-state index contributed by atoms with van der Waals surface area (Å²) in [5, 5.41) is 14.9. The van der Waals surface area contributed by atoms with Crippen LogP contribution >= 0.6 is 0 Å². The number of carbonyl (C=O) groups is 1. The van der Waals surface area contributed by atoms with Gasteiger partial charge in [0.15, 0.2) is 0 Å². The van der Waals surface area contributed by atoms with Crippen molar-refractivity contribution in [3.8, 4) is 17.1 Å². The van der Waals surface area contributed by atoms with Crippen molar-refractivity contribution >= 4 is 17.8 Å². The smallest absolute Gasteiger partial charge is 0.275 e. The van der Waals surface area contributed by atoms with Crippen LogP contribution in [0.25, 0.3) is 11.3 Å². The summed E-state index contributed by atoms with van der Waals surface area (Å²) < 4.78 is 11.6. The molecule has 0 unspecified atom stereocenters. The van der Waals surface area contributed by atoms with Gasteiger partial charge >= 0.3 is 0 Å². The number of hydrogen-bond donors (Lipinski definition) is 1. The number of non-ortho nitro benzene ring substituents is 1. The van der Waals surface area contributed by atoms with Crippen molar-refractivity contribution in [1.29, 1.82) is 0 Å². The van der Waals surface area contributed by atoms with Crippen LogP contribution in [-0.4, -0.2) is 17.0 Å². The summed E-state index contributed by atoms with van der Waals surface area (Å²) in [7, 11) is 0. The van der Waals surface area contributed by atoms with Crippen LogP contribution in [0.1, 0.15) is 27.2 Å². The van der Waals surface area contributed by atoms with Gasteiger partial charge in [0.25, 0.3) is 11.6 Å². The molecule has 0 aliphatic heterocycles. The first-order valence-electron chi connectivity index (χ1n) is 10.5. The molecule has 8 heteroatoms. The number of carbonyl (C=O) groups excluding carboxylic acids is 1. The largest absolute Gasteiger partial charge is 0.488 e.